The lowest BCUT2D eigenvalue weighted by Crippen LogP contribution is -2.61. The van der Waals surface area contributed by atoms with E-state index in [0.717, 1.165) is 13.2 Å². The number of hydrogen-bond donors (Lipinski definition) is 17. The zero-order chi connectivity index (χ0) is 57.5. The second kappa shape index (κ2) is 20.0. The molecule has 2 saturated heterocycles. The normalized spacial score (nSPS) is 24.3. The molecule has 0 amide bonds. The van der Waals surface area contributed by atoms with E-state index in [0.29, 0.717) is 30.3 Å². The number of methoxy groups -OCH3 is 1. The molecule has 31 heteroatoms. The molecular formula is C48H40O31. The lowest BCUT2D eigenvalue weighted by atomic mass is 9.86. The van der Waals surface area contributed by atoms with Crippen LogP contribution < -0.4 is 9.47 Å². The number of aromatic hydroxyl groups is 13. The summed E-state index contributed by atoms with van der Waals surface area (Å²) in [4.78, 5) is 67.8. The van der Waals surface area contributed by atoms with E-state index >= 15 is 0 Å². The maximum atomic E-state index is 14.5. The largest absolute Gasteiger partial charge is 0.504 e. The predicted molar refractivity (Wildman–Crippen MR) is 244 cm³/mol. The Morgan fingerprint density at radius 2 is 1.11 bits per heavy atom. The van der Waals surface area contributed by atoms with Crippen molar-refractivity contribution in [3.8, 4) is 103 Å². The molecular weight excluding hydrogens is 1070 g/mol. The summed E-state index contributed by atoms with van der Waals surface area (Å²) in [5, 5.41) is 183. The Kier molecular flexibility index (Phi) is 13.7. The number of hydrogen-bond acceptors (Lipinski definition) is 31. The van der Waals surface area contributed by atoms with Crippen molar-refractivity contribution in [2.45, 2.75) is 61.2 Å². The van der Waals surface area contributed by atoms with E-state index in [9.17, 15) is 111 Å². The van der Waals surface area contributed by atoms with Crippen LogP contribution in [-0.2, 0) is 33.2 Å². The number of carbonyl (C=O) groups excluding carboxylic acids is 5. The number of benzene rings is 5. The fourth-order valence-electron chi connectivity index (χ4n) is 8.93. The van der Waals surface area contributed by atoms with Gasteiger partial charge in [-0.05, 0) is 24.3 Å². The summed E-state index contributed by atoms with van der Waals surface area (Å²) in [6.45, 7) is -2.16. The predicted octanol–water partition coefficient (Wildman–Crippen LogP) is -0.115. The Balaban J connectivity index is 1.06. The van der Waals surface area contributed by atoms with Crippen LogP contribution in [0.4, 0.5) is 0 Å². The zero-order valence-corrected chi connectivity index (χ0v) is 39.5. The number of cyclic esters (lactones) is 1. The molecule has 0 radical (unpaired) electrons. The number of phenols is 13. The number of phenolic OH excluding ortho intramolecular Hbond substituents is 13. The van der Waals surface area contributed by atoms with Crippen LogP contribution >= 0.6 is 0 Å². The Morgan fingerprint density at radius 3 is 1.77 bits per heavy atom. The summed E-state index contributed by atoms with van der Waals surface area (Å²) in [5.41, 5.74) is -7.06. The van der Waals surface area contributed by atoms with Crippen LogP contribution in [0.3, 0.4) is 0 Å². The van der Waals surface area contributed by atoms with Crippen molar-refractivity contribution in [1.29, 1.82) is 0 Å². The molecule has 0 aliphatic carbocycles. The van der Waals surface area contributed by atoms with Crippen LogP contribution in [0.5, 0.6) is 92.0 Å². The van der Waals surface area contributed by atoms with E-state index in [1.807, 2.05) is 0 Å². The molecule has 5 aromatic carbocycles. The summed E-state index contributed by atoms with van der Waals surface area (Å²) in [5.74, 6) is -26.8. The molecule has 31 nitrogen and oxygen atoms in total. The van der Waals surface area contributed by atoms with Crippen LogP contribution in [0.1, 0.15) is 63.5 Å². The average Bonchev–Trinajstić information content (AvgIpc) is 3.42. The van der Waals surface area contributed by atoms with Crippen molar-refractivity contribution in [3.63, 3.8) is 0 Å². The SMILES string of the molecule is COc1c(O)cc2c(c1O)[C@@H]1O[C@@H](COC(=O)c3cc(Oc4cc5c(c(O)c4O)-c4c(cc(O)c(O)c4O)C(=O)OC[C@H]4O[C@H](OC(=O)c6cc(O)c(O)c(O)c6)[C@H](O)[C@@H](OC5=O)[C@@H]4O)c(O)c(O)c3O)[C@@H](O)[C@H](O)[C@@H]1OC2=O. The van der Waals surface area contributed by atoms with Gasteiger partial charge in [0.05, 0.1) is 29.4 Å². The van der Waals surface area contributed by atoms with Gasteiger partial charge in [-0.2, -0.15) is 0 Å². The third-order valence-corrected chi connectivity index (χ3v) is 12.9. The molecule has 9 rings (SSSR count). The first kappa shape index (κ1) is 54.0. The highest BCUT2D eigenvalue weighted by Crippen LogP contribution is 2.56. The van der Waals surface area contributed by atoms with E-state index in [1.54, 1.807) is 0 Å². The molecule has 0 spiro atoms. The Hall–Kier alpha value is -9.79. The van der Waals surface area contributed by atoms with Gasteiger partial charge in [0.1, 0.15) is 55.4 Å². The molecule has 0 unspecified atom stereocenters. The standard InChI is InChI=1S/C48H40O31/c1-71-39-18(52)5-12-25(35(39)62)40-42(78-46(12)69)37(64)31(58)21(75-40)8-73-45(68)14-7-20(30(57)36(63)26(14)53)74-19-6-13-24(34(61)29(19)56)23-11(4-17(51)28(55)33(23)60)44(67)72-9-22-32(59)41(77-47(13)70)38(65)48(76-22)79-43(66)10-2-15(49)27(54)16(50)3-10/h2-7,21-22,31-32,37-38,40-42,48-65H,8-9H2,1H3/t21-,22+,31+,32+,37-,38+,40-,41-,42-,48+/m0/s1. The molecule has 0 saturated carbocycles. The number of fused-ring (bicyclic) bond motifs is 8. The van der Waals surface area contributed by atoms with Crippen LogP contribution in [0.15, 0.2) is 36.4 Å². The maximum Gasteiger partial charge on any atom is 0.342 e. The van der Waals surface area contributed by atoms with Crippen molar-refractivity contribution < 1.29 is 153 Å². The Morgan fingerprint density at radius 1 is 0.544 bits per heavy atom. The molecule has 0 aromatic heterocycles. The van der Waals surface area contributed by atoms with Gasteiger partial charge in [-0.3, -0.25) is 0 Å². The first-order valence-electron chi connectivity index (χ1n) is 22.5. The first-order chi connectivity index (χ1) is 37.2. The highest BCUT2D eigenvalue weighted by atomic mass is 16.7. The van der Waals surface area contributed by atoms with E-state index < -0.39 is 235 Å². The second-order valence-electron chi connectivity index (χ2n) is 17.6. The van der Waals surface area contributed by atoms with E-state index in [-0.39, 0.29) is 5.56 Å². The minimum absolute atomic E-state index is 0.368. The Bertz CT molecular complexity index is 3380. The molecule has 2 fully saturated rings. The second-order valence-corrected chi connectivity index (χ2v) is 17.6. The van der Waals surface area contributed by atoms with Gasteiger partial charge < -0.3 is 129 Å². The smallest absolute Gasteiger partial charge is 0.342 e. The minimum atomic E-state index is -2.44. The van der Waals surface area contributed by atoms with Gasteiger partial charge >= 0.3 is 29.8 Å². The monoisotopic (exact) mass is 1110 g/mol. The molecule has 418 valence electrons. The van der Waals surface area contributed by atoms with Crippen molar-refractivity contribution in [1.82, 2.24) is 0 Å². The van der Waals surface area contributed by atoms with Crippen molar-refractivity contribution in [2.24, 2.45) is 0 Å². The summed E-state index contributed by atoms with van der Waals surface area (Å²) < 4.78 is 48.0. The summed E-state index contributed by atoms with van der Waals surface area (Å²) in [6.07, 6.45) is -20.4. The van der Waals surface area contributed by atoms with Gasteiger partial charge in [0.2, 0.25) is 35.0 Å². The number of aliphatic hydroxyl groups excluding tert-OH is 4. The topological polar surface area (TPSA) is 512 Å². The highest BCUT2D eigenvalue weighted by Gasteiger charge is 2.53. The summed E-state index contributed by atoms with van der Waals surface area (Å²) >= 11 is 0. The molecule has 4 aliphatic rings. The third-order valence-electron chi connectivity index (χ3n) is 12.9. The Labute approximate surface area is 437 Å². The van der Waals surface area contributed by atoms with Gasteiger partial charge in [0.25, 0.3) is 0 Å². The van der Waals surface area contributed by atoms with Crippen molar-refractivity contribution in [3.05, 3.63) is 69.8 Å². The van der Waals surface area contributed by atoms with E-state index in [4.69, 9.17) is 42.6 Å². The number of rotatable bonds is 8. The van der Waals surface area contributed by atoms with Gasteiger partial charge in [-0.25, -0.2) is 24.0 Å². The molecule has 79 heavy (non-hydrogen) atoms. The van der Waals surface area contributed by atoms with Crippen molar-refractivity contribution in [2.75, 3.05) is 20.3 Å². The summed E-state index contributed by atoms with van der Waals surface area (Å²) in [7, 11) is 1.06. The third kappa shape index (κ3) is 9.01. The van der Waals surface area contributed by atoms with E-state index in [1.165, 1.54) is 0 Å². The lowest BCUT2D eigenvalue weighted by molar-refractivity contribution is -0.284. The van der Waals surface area contributed by atoms with Gasteiger partial charge in [-0.1, -0.05) is 0 Å². The van der Waals surface area contributed by atoms with Crippen LogP contribution in [0, 0.1) is 0 Å². The molecule has 17 N–H and O–H groups in total. The van der Waals surface area contributed by atoms with Crippen molar-refractivity contribution >= 4 is 29.8 Å². The van der Waals surface area contributed by atoms with Gasteiger partial charge in [-0.15, -0.1) is 0 Å². The van der Waals surface area contributed by atoms with Crippen LogP contribution in [-0.4, -0.2) is 192 Å². The molecule has 4 heterocycles. The molecule has 4 aliphatic heterocycles. The fourth-order valence-corrected chi connectivity index (χ4v) is 8.93. The fraction of sp³-hybridized carbons (Fsp3) is 0.271. The summed E-state index contributed by atoms with van der Waals surface area (Å²) in [6, 6.07) is 3.40. The quantitative estimate of drug-likeness (QED) is 0.0547. The number of ether oxygens (including phenoxy) is 9. The molecule has 5 aromatic rings. The van der Waals surface area contributed by atoms with Gasteiger partial charge in [0.15, 0.2) is 81.6 Å². The minimum Gasteiger partial charge on any atom is -0.504 e. The van der Waals surface area contributed by atoms with E-state index in [2.05, 4.69) is 0 Å². The average molecular weight is 1110 g/mol. The molecule has 2 bridgehead atoms. The maximum absolute atomic E-state index is 14.5. The highest BCUT2D eigenvalue weighted by molar-refractivity contribution is 6.08. The van der Waals surface area contributed by atoms with Crippen LogP contribution in [0.2, 0.25) is 0 Å². The first-order valence-corrected chi connectivity index (χ1v) is 22.5. The number of esters is 5. The zero-order valence-electron chi connectivity index (χ0n) is 39.5. The number of carbonyl (C=O) groups is 5. The lowest BCUT2D eigenvalue weighted by Gasteiger charge is -2.44. The van der Waals surface area contributed by atoms with Gasteiger partial charge in [0, 0.05) is 28.8 Å². The van der Waals surface area contributed by atoms with Crippen LogP contribution in [0.25, 0.3) is 11.1 Å². The number of aliphatic hydroxyl groups is 4. The molecule has 10 atom stereocenters.